The minimum atomic E-state index is -0.0614. The second-order valence-corrected chi connectivity index (χ2v) is 6.84. The molecule has 6 heteroatoms. The van der Waals surface area contributed by atoms with E-state index in [0.29, 0.717) is 24.8 Å². The molecular formula is C17H23N3O3. The van der Waals surface area contributed by atoms with Crippen molar-refractivity contribution in [3.63, 3.8) is 0 Å². The minimum absolute atomic E-state index is 0.000424. The predicted octanol–water partition coefficient (Wildman–Crippen LogP) is 1.58. The van der Waals surface area contributed by atoms with Crippen LogP contribution in [0.2, 0.25) is 0 Å². The Bertz CT molecular complexity index is 573. The van der Waals surface area contributed by atoms with Crippen LogP contribution in [0, 0.1) is 12.8 Å². The number of rotatable bonds is 4. The highest BCUT2D eigenvalue weighted by Gasteiger charge is 2.45. The number of nitrogens with zero attached hydrogens (tertiary/aromatic N) is 3. The van der Waals surface area contributed by atoms with Gasteiger partial charge in [0.2, 0.25) is 0 Å². The van der Waals surface area contributed by atoms with Crippen LogP contribution in [0.5, 0.6) is 0 Å². The maximum atomic E-state index is 12.9. The number of ether oxygens (including phenoxy) is 2. The Hall–Kier alpha value is -1.53. The molecule has 2 bridgehead atoms. The molecule has 3 atom stereocenters. The largest absolute Gasteiger partial charge is 0.374 e. The maximum absolute atomic E-state index is 12.9. The molecule has 0 N–H and O–H groups in total. The van der Waals surface area contributed by atoms with E-state index in [9.17, 15) is 4.79 Å². The molecule has 3 aliphatic rings. The van der Waals surface area contributed by atoms with Gasteiger partial charge in [0, 0.05) is 19.3 Å². The molecule has 2 aliphatic carbocycles. The van der Waals surface area contributed by atoms with Gasteiger partial charge in [0.25, 0.3) is 5.91 Å². The molecule has 1 aliphatic heterocycles. The van der Waals surface area contributed by atoms with Crippen molar-refractivity contribution in [2.45, 2.75) is 50.9 Å². The van der Waals surface area contributed by atoms with Gasteiger partial charge >= 0.3 is 0 Å². The first-order valence-electron chi connectivity index (χ1n) is 8.55. The lowest BCUT2D eigenvalue weighted by molar-refractivity contribution is -0.0557. The van der Waals surface area contributed by atoms with Gasteiger partial charge in [-0.25, -0.2) is 4.98 Å². The maximum Gasteiger partial charge on any atom is 0.274 e. The summed E-state index contributed by atoms with van der Waals surface area (Å²) < 4.78 is 12.1. The molecule has 1 aromatic rings. The molecule has 1 saturated heterocycles. The van der Waals surface area contributed by atoms with Crippen LogP contribution in [0.3, 0.4) is 0 Å². The lowest BCUT2D eigenvalue weighted by atomic mass is 10.1. The van der Waals surface area contributed by atoms with Gasteiger partial charge in [-0.15, -0.1) is 0 Å². The number of carbonyl (C=O) groups is 1. The molecule has 124 valence electrons. The third kappa shape index (κ3) is 3.10. The van der Waals surface area contributed by atoms with E-state index in [2.05, 4.69) is 9.97 Å². The minimum Gasteiger partial charge on any atom is -0.374 e. The smallest absolute Gasteiger partial charge is 0.274 e. The van der Waals surface area contributed by atoms with E-state index in [-0.39, 0.29) is 24.2 Å². The second kappa shape index (κ2) is 6.17. The molecule has 0 unspecified atom stereocenters. The molecule has 1 aromatic heterocycles. The monoisotopic (exact) mass is 317 g/mol. The van der Waals surface area contributed by atoms with Crippen molar-refractivity contribution in [1.82, 2.24) is 14.9 Å². The Morgan fingerprint density at radius 1 is 1.30 bits per heavy atom. The van der Waals surface area contributed by atoms with Gasteiger partial charge in [0.1, 0.15) is 11.8 Å². The summed E-state index contributed by atoms with van der Waals surface area (Å²) in [4.78, 5) is 23.2. The number of carbonyl (C=O) groups excluding carboxylic acids is 1. The summed E-state index contributed by atoms with van der Waals surface area (Å²) in [6.45, 7) is 3.83. The summed E-state index contributed by atoms with van der Waals surface area (Å²) in [6, 6.07) is 0.0943. The van der Waals surface area contributed by atoms with Crippen molar-refractivity contribution < 1.29 is 14.3 Å². The quantitative estimate of drug-likeness (QED) is 0.843. The van der Waals surface area contributed by atoms with Crippen LogP contribution in [0.4, 0.5) is 0 Å². The molecule has 0 aromatic carbocycles. The number of aryl methyl sites for hydroxylation is 1. The summed E-state index contributed by atoms with van der Waals surface area (Å²) in [5.41, 5.74) is 1.22. The fourth-order valence-corrected chi connectivity index (χ4v) is 3.54. The molecule has 0 radical (unpaired) electrons. The molecule has 3 fully saturated rings. The predicted molar refractivity (Wildman–Crippen MR) is 83.0 cm³/mol. The number of fused-ring (bicyclic) bond motifs is 2. The summed E-state index contributed by atoms with van der Waals surface area (Å²) >= 11 is 0. The van der Waals surface area contributed by atoms with Crippen molar-refractivity contribution in [2.24, 2.45) is 5.92 Å². The first-order chi connectivity index (χ1) is 11.2. The zero-order chi connectivity index (χ0) is 15.8. The summed E-state index contributed by atoms with van der Waals surface area (Å²) in [6.07, 6.45) is 7.76. The van der Waals surface area contributed by atoms with Gasteiger partial charge in [0.05, 0.1) is 30.6 Å². The lowest BCUT2D eigenvalue weighted by Gasteiger charge is -2.31. The van der Waals surface area contributed by atoms with E-state index < -0.39 is 0 Å². The summed E-state index contributed by atoms with van der Waals surface area (Å²) in [7, 11) is 0. The highest BCUT2D eigenvalue weighted by Crippen LogP contribution is 2.35. The lowest BCUT2D eigenvalue weighted by Crippen LogP contribution is -2.47. The van der Waals surface area contributed by atoms with Crippen LogP contribution >= 0.6 is 0 Å². The zero-order valence-corrected chi connectivity index (χ0v) is 13.5. The highest BCUT2D eigenvalue weighted by atomic mass is 16.5. The number of amides is 1. The average Bonchev–Trinajstić information content (AvgIpc) is 3.30. The van der Waals surface area contributed by atoms with Gasteiger partial charge in [-0.05, 0) is 38.5 Å². The Morgan fingerprint density at radius 3 is 2.91 bits per heavy atom. The van der Waals surface area contributed by atoms with Gasteiger partial charge < -0.3 is 14.4 Å². The molecule has 6 nitrogen and oxygen atoms in total. The second-order valence-electron chi connectivity index (χ2n) is 6.84. The van der Waals surface area contributed by atoms with Crippen molar-refractivity contribution in [1.29, 1.82) is 0 Å². The average molecular weight is 317 g/mol. The topological polar surface area (TPSA) is 64.6 Å². The summed E-state index contributed by atoms with van der Waals surface area (Å²) in [5.74, 6) is 0.651. The Morgan fingerprint density at radius 2 is 2.17 bits per heavy atom. The number of aromatic nitrogens is 2. The van der Waals surface area contributed by atoms with Crippen LogP contribution in [0.25, 0.3) is 0 Å². The van der Waals surface area contributed by atoms with Crippen LogP contribution in [0.15, 0.2) is 12.4 Å². The van der Waals surface area contributed by atoms with Crippen LogP contribution in [-0.2, 0) is 9.47 Å². The van der Waals surface area contributed by atoms with E-state index in [0.717, 1.165) is 25.1 Å². The van der Waals surface area contributed by atoms with E-state index >= 15 is 0 Å². The SMILES string of the molecule is Cc1cnc(C(=O)N2CCO[C@H]3CC[C@H]2[C@@H]3OCC2CC2)cn1. The Balaban J connectivity index is 1.51. The third-order valence-electron chi connectivity index (χ3n) is 5.04. The Labute approximate surface area is 136 Å². The van der Waals surface area contributed by atoms with E-state index in [4.69, 9.17) is 9.47 Å². The van der Waals surface area contributed by atoms with Crippen LogP contribution < -0.4 is 0 Å². The van der Waals surface area contributed by atoms with Crippen molar-refractivity contribution >= 4 is 5.91 Å². The molecule has 23 heavy (non-hydrogen) atoms. The first kappa shape index (κ1) is 15.0. The standard InChI is InChI=1S/C17H23N3O3/c1-11-8-19-13(9-18-11)17(21)20-6-7-22-15-5-4-14(20)16(15)23-10-12-2-3-12/h8-9,12,14-16H,2-7,10H2,1H3/t14-,15-,16-/m0/s1. The molecule has 2 heterocycles. The molecule has 0 spiro atoms. The number of hydrogen-bond acceptors (Lipinski definition) is 5. The van der Waals surface area contributed by atoms with Crippen molar-refractivity contribution in [3.8, 4) is 0 Å². The Kier molecular flexibility index (Phi) is 4.03. The van der Waals surface area contributed by atoms with Crippen LogP contribution in [-0.4, -0.2) is 58.8 Å². The molecule has 1 amide bonds. The fraction of sp³-hybridized carbons (Fsp3) is 0.706. The van der Waals surface area contributed by atoms with Crippen LogP contribution in [0.1, 0.15) is 41.9 Å². The van der Waals surface area contributed by atoms with Gasteiger partial charge in [-0.1, -0.05) is 0 Å². The van der Waals surface area contributed by atoms with Crippen molar-refractivity contribution in [2.75, 3.05) is 19.8 Å². The van der Waals surface area contributed by atoms with Crippen molar-refractivity contribution in [3.05, 3.63) is 23.8 Å². The number of hydrogen-bond donors (Lipinski definition) is 0. The molecular weight excluding hydrogens is 294 g/mol. The van der Waals surface area contributed by atoms with E-state index in [1.54, 1.807) is 12.4 Å². The first-order valence-corrected chi connectivity index (χ1v) is 8.55. The summed E-state index contributed by atoms with van der Waals surface area (Å²) in [5, 5.41) is 0. The molecule has 2 saturated carbocycles. The van der Waals surface area contributed by atoms with E-state index in [1.807, 2.05) is 11.8 Å². The van der Waals surface area contributed by atoms with Gasteiger partial charge in [-0.3, -0.25) is 9.78 Å². The molecule has 4 rings (SSSR count). The zero-order valence-electron chi connectivity index (χ0n) is 13.5. The fourth-order valence-electron chi connectivity index (χ4n) is 3.54. The van der Waals surface area contributed by atoms with Gasteiger partial charge in [0.15, 0.2) is 0 Å². The van der Waals surface area contributed by atoms with E-state index in [1.165, 1.54) is 12.8 Å². The van der Waals surface area contributed by atoms with Gasteiger partial charge in [-0.2, -0.15) is 0 Å². The normalized spacial score (nSPS) is 30.3. The third-order valence-corrected chi connectivity index (χ3v) is 5.04. The highest BCUT2D eigenvalue weighted by molar-refractivity contribution is 5.92.